The normalized spacial score (nSPS) is 21.9. The fourth-order valence-electron chi connectivity index (χ4n) is 4.84. The Hall–Kier alpha value is -2.66. The van der Waals surface area contributed by atoms with E-state index in [1.54, 1.807) is 6.07 Å². The number of carbonyl (C=O) groups is 2. The van der Waals surface area contributed by atoms with Crippen LogP contribution in [0.3, 0.4) is 0 Å². The van der Waals surface area contributed by atoms with Gasteiger partial charge in [-0.05, 0) is 63.1 Å². The van der Waals surface area contributed by atoms with Crippen molar-refractivity contribution in [3.05, 3.63) is 70.8 Å². The molecule has 4 rings (SSSR count). The molecule has 0 aromatic heterocycles. The lowest BCUT2D eigenvalue weighted by Crippen LogP contribution is -2.63. The summed E-state index contributed by atoms with van der Waals surface area (Å²) in [6.45, 7) is 5.93. The number of aryl methyl sites for hydroxylation is 2. The Bertz CT molecular complexity index is 911. The minimum Gasteiger partial charge on any atom is -0.349 e. The molecule has 5 heteroatoms. The molecule has 1 heterocycles. The summed E-state index contributed by atoms with van der Waals surface area (Å²) < 4.78 is 0. The van der Waals surface area contributed by atoms with Crippen molar-refractivity contribution in [3.8, 4) is 0 Å². The van der Waals surface area contributed by atoms with Gasteiger partial charge in [0.2, 0.25) is 5.91 Å². The Labute approximate surface area is 185 Å². The quantitative estimate of drug-likeness (QED) is 0.753. The second-order valence-corrected chi connectivity index (χ2v) is 9.19. The Kier molecular flexibility index (Phi) is 6.71. The first-order chi connectivity index (χ1) is 15.0. The van der Waals surface area contributed by atoms with Crippen molar-refractivity contribution < 1.29 is 9.59 Å². The number of hydrogen-bond acceptors (Lipinski definition) is 3. The van der Waals surface area contributed by atoms with Gasteiger partial charge in [-0.15, -0.1) is 0 Å². The van der Waals surface area contributed by atoms with Crippen molar-refractivity contribution in [2.45, 2.75) is 57.5 Å². The number of benzene rings is 2. The van der Waals surface area contributed by atoms with Gasteiger partial charge in [0.15, 0.2) is 0 Å². The lowest BCUT2D eigenvalue weighted by Gasteiger charge is -2.46. The summed E-state index contributed by atoms with van der Waals surface area (Å²) in [5.41, 5.74) is 4.41. The molecule has 1 aliphatic heterocycles. The molecule has 164 valence electrons. The molecule has 1 aliphatic carbocycles. The molecule has 1 saturated heterocycles. The zero-order valence-corrected chi connectivity index (χ0v) is 18.6. The average Bonchev–Trinajstić information content (AvgIpc) is 2.75. The molecule has 2 aromatic carbocycles. The van der Waals surface area contributed by atoms with E-state index in [0.717, 1.165) is 18.7 Å². The number of amides is 2. The van der Waals surface area contributed by atoms with E-state index < -0.39 is 0 Å². The zero-order valence-electron chi connectivity index (χ0n) is 18.6. The van der Waals surface area contributed by atoms with Gasteiger partial charge in [0.05, 0.1) is 12.6 Å². The van der Waals surface area contributed by atoms with Gasteiger partial charge in [0.1, 0.15) is 0 Å². The third-order valence-electron chi connectivity index (χ3n) is 6.73. The molecular formula is C26H33N3O2. The number of rotatable bonds is 6. The van der Waals surface area contributed by atoms with E-state index in [2.05, 4.69) is 46.7 Å². The second-order valence-electron chi connectivity index (χ2n) is 9.19. The van der Waals surface area contributed by atoms with Gasteiger partial charge in [-0.25, -0.2) is 0 Å². The maximum atomic E-state index is 12.2. The van der Waals surface area contributed by atoms with E-state index in [1.807, 2.05) is 25.1 Å². The van der Waals surface area contributed by atoms with Crippen molar-refractivity contribution in [1.82, 2.24) is 15.5 Å². The summed E-state index contributed by atoms with van der Waals surface area (Å²) in [7, 11) is 0. The molecule has 0 radical (unpaired) electrons. The largest absolute Gasteiger partial charge is 0.349 e. The first kappa shape index (κ1) is 21.6. The summed E-state index contributed by atoms with van der Waals surface area (Å²) in [6.07, 6.45) is 4.94. The molecule has 2 aliphatic rings. The lowest BCUT2D eigenvalue weighted by molar-refractivity contribution is -0.122. The smallest absolute Gasteiger partial charge is 0.251 e. The SMILES string of the molecule is Cc1ccc(C2CCC(N3CC(NC(=O)CNC(=O)c4cccc(C)c4)C3)CC2)cc1. The molecular weight excluding hydrogens is 386 g/mol. The van der Waals surface area contributed by atoms with Crippen LogP contribution < -0.4 is 10.6 Å². The number of hydrogen-bond donors (Lipinski definition) is 2. The van der Waals surface area contributed by atoms with E-state index in [-0.39, 0.29) is 24.4 Å². The number of nitrogens with one attached hydrogen (secondary N) is 2. The second kappa shape index (κ2) is 9.65. The molecule has 5 nitrogen and oxygen atoms in total. The molecule has 0 unspecified atom stereocenters. The third-order valence-corrected chi connectivity index (χ3v) is 6.73. The van der Waals surface area contributed by atoms with Gasteiger partial charge >= 0.3 is 0 Å². The molecule has 2 fully saturated rings. The third kappa shape index (κ3) is 5.53. The first-order valence-corrected chi connectivity index (χ1v) is 11.4. The van der Waals surface area contributed by atoms with Gasteiger partial charge in [-0.2, -0.15) is 0 Å². The predicted octanol–water partition coefficient (Wildman–Crippen LogP) is 3.56. The molecule has 2 amide bonds. The highest BCUT2D eigenvalue weighted by molar-refractivity contribution is 5.96. The maximum Gasteiger partial charge on any atom is 0.251 e. The minimum atomic E-state index is -0.209. The highest BCUT2D eigenvalue weighted by atomic mass is 16.2. The van der Waals surface area contributed by atoms with Crippen LogP contribution in [0.4, 0.5) is 0 Å². The van der Waals surface area contributed by atoms with E-state index in [0.29, 0.717) is 17.5 Å². The summed E-state index contributed by atoms with van der Waals surface area (Å²) in [6, 6.07) is 17.2. The van der Waals surface area contributed by atoms with Crippen LogP contribution in [0.15, 0.2) is 48.5 Å². The first-order valence-electron chi connectivity index (χ1n) is 11.4. The van der Waals surface area contributed by atoms with E-state index in [4.69, 9.17) is 0 Å². The van der Waals surface area contributed by atoms with Crippen molar-refractivity contribution >= 4 is 11.8 Å². The fraction of sp³-hybridized carbons (Fsp3) is 0.462. The van der Waals surface area contributed by atoms with Crippen LogP contribution in [-0.4, -0.2) is 48.4 Å². The number of likely N-dealkylation sites (tertiary alicyclic amines) is 1. The maximum absolute atomic E-state index is 12.2. The molecule has 0 bridgehead atoms. The van der Waals surface area contributed by atoms with Crippen LogP contribution in [-0.2, 0) is 4.79 Å². The van der Waals surface area contributed by atoms with Gasteiger partial charge in [0.25, 0.3) is 5.91 Å². The van der Waals surface area contributed by atoms with Crippen LogP contribution >= 0.6 is 0 Å². The van der Waals surface area contributed by atoms with Gasteiger partial charge < -0.3 is 10.6 Å². The van der Waals surface area contributed by atoms with E-state index in [9.17, 15) is 9.59 Å². The highest BCUT2D eigenvalue weighted by Crippen LogP contribution is 2.36. The predicted molar refractivity (Wildman–Crippen MR) is 123 cm³/mol. The molecule has 2 N–H and O–H groups in total. The van der Waals surface area contributed by atoms with Crippen LogP contribution in [0.2, 0.25) is 0 Å². The highest BCUT2D eigenvalue weighted by Gasteiger charge is 2.35. The van der Waals surface area contributed by atoms with Crippen molar-refractivity contribution in [2.24, 2.45) is 0 Å². The average molecular weight is 420 g/mol. The minimum absolute atomic E-state index is 0.0188. The molecule has 2 aromatic rings. The van der Waals surface area contributed by atoms with Crippen molar-refractivity contribution in [1.29, 1.82) is 0 Å². The molecule has 31 heavy (non-hydrogen) atoms. The zero-order chi connectivity index (χ0) is 21.8. The summed E-state index contributed by atoms with van der Waals surface area (Å²) in [5.74, 6) is 0.360. The van der Waals surface area contributed by atoms with Crippen LogP contribution in [0.1, 0.15) is 58.6 Å². The van der Waals surface area contributed by atoms with E-state index >= 15 is 0 Å². The Morgan fingerprint density at radius 3 is 2.32 bits per heavy atom. The van der Waals surface area contributed by atoms with Crippen molar-refractivity contribution in [3.63, 3.8) is 0 Å². The molecule has 1 saturated carbocycles. The number of nitrogens with zero attached hydrogens (tertiary/aromatic N) is 1. The monoisotopic (exact) mass is 419 g/mol. The lowest BCUT2D eigenvalue weighted by atomic mass is 9.80. The number of carbonyl (C=O) groups excluding carboxylic acids is 2. The van der Waals surface area contributed by atoms with Crippen LogP contribution in [0.5, 0.6) is 0 Å². The summed E-state index contributed by atoms with van der Waals surface area (Å²) in [4.78, 5) is 26.9. The Morgan fingerprint density at radius 1 is 0.935 bits per heavy atom. The summed E-state index contributed by atoms with van der Waals surface area (Å²) in [5, 5.41) is 5.76. The fourth-order valence-corrected chi connectivity index (χ4v) is 4.84. The van der Waals surface area contributed by atoms with Crippen LogP contribution in [0.25, 0.3) is 0 Å². The van der Waals surface area contributed by atoms with Gasteiger partial charge in [-0.1, -0.05) is 47.5 Å². The topological polar surface area (TPSA) is 61.4 Å². The van der Waals surface area contributed by atoms with Gasteiger partial charge in [-0.3, -0.25) is 14.5 Å². The van der Waals surface area contributed by atoms with Crippen molar-refractivity contribution in [2.75, 3.05) is 19.6 Å². The summed E-state index contributed by atoms with van der Waals surface area (Å²) >= 11 is 0. The Morgan fingerprint density at radius 2 is 1.65 bits per heavy atom. The molecule has 0 spiro atoms. The Balaban J connectivity index is 1.14. The van der Waals surface area contributed by atoms with Gasteiger partial charge in [0, 0.05) is 24.7 Å². The standard InChI is InChI=1S/C26H33N3O2/c1-18-6-8-20(9-7-18)21-10-12-24(13-11-21)29-16-23(17-29)28-25(30)15-27-26(31)22-5-3-4-19(2)14-22/h3-9,14,21,23-24H,10-13,15-17H2,1-2H3,(H,27,31)(H,28,30). The molecule has 0 atom stereocenters. The van der Waals surface area contributed by atoms with Crippen LogP contribution in [0, 0.1) is 13.8 Å². The van der Waals surface area contributed by atoms with E-state index in [1.165, 1.54) is 36.8 Å².